The van der Waals surface area contributed by atoms with Crippen molar-refractivity contribution >= 4 is 5.91 Å². The largest absolute Gasteiger partial charge is 0.458 e. The highest BCUT2D eigenvalue weighted by Gasteiger charge is 2.52. The Balaban J connectivity index is 1.42. The predicted octanol–water partition coefficient (Wildman–Crippen LogP) is -1.82. The lowest BCUT2D eigenvalue weighted by atomic mass is 9.95. The number of hydrogen-bond donors (Lipinski definition) is 7. The van der Waals surface area contributed by atoms with Gasteiger partial charge in [-0.3, -0.25) is 4.79 Å². The highest BCUT2D eigenvalue weighted by molar-refractivity contribution is 5.73. The van der Waals surface area contributed by atoms with Gasteiger partial charge < -0.3 is 64.4 Å². The molecular formula is C31H38N4O13. The van der Waals surface area contributed by atoms with Gasteiger partial charge in [-0.15, -0.1) is 15.0 Å². The van der Waals surface area contributed by atoms with E-state index in [4.69, 9.17) is 28.4 Å². The maximum atomic E-state index is 12.3. The van der Waals surface area contributed by atoms with Crippen LogP contribution in [0.5, 0.6) is 18.0 Å². The van der Waals surface area contributed by atoms with Crippen molar-refractivity contribution in [2.75, 3.05) is 13.2 Å². The van der Waals surface area contributed by atoms with Gasteiger partial charge in [0.25, 0.3) is 0 Å². The molecule has 2 aliphatic rings. The highest BCUT2D eigenvalue weighted by Crippen LogP contribution is 2.30. The minimum Gasteiger partial charge on any atom is -0.458 e. The zero-order valence-electron chi connectivity index (χ0n) is 25.8. The fourth-order valence-corrected chi connectivity index (χ4v) is 5.10. The third-order valence-corrected chi connectivity index (χ3v) is 7.58. The summed E-state index contributed by atoms with van der Waals surface area (Å²) in [6.07, 6.45) is -14.4. The Kier molecular flexibility index (Phi) is 12.0. The zero-order valence-corrected chi connectivity index (χ0v) is 25.8. The molecule has 17 heteroatoms. The molecule has 0 unspecified atom stereocenters. The summed E-state index contributed by atoms with van der Waals surface area (Å²) in [5.74, 6) is -0.608. The number of hydrogen-bond acceptors (Lipinski definition) is 16. The summed E-state index contributed by atoms with van der Waals surface area (Å²) in [4.78, 5) is 25.0. The van der Waals surface area contributed by atoms with Gasteiger partial charge in [0.15, 0.2) is 6.29 Å². The van der Waals surface area contributed by atoms with Crippen LogP contribution in [0.2, 0.25) is 0 Å². The summed E-state index contributed by atoms with van der Waals surface area (Å²) in [5, 5.41) is 64.3. The monoisotopic (exact) mass is 674 g/mol. The third kappa shape index (κ3) is 8.70. The summed E-state index contributed by atoms with van der Waals surface area (Å²) in [7, 11) is 0. The minimum atomic E-state index is -1.83. The number of nitrogens with one attached hydrogen (secondary N) is 1. The lowest BCUT2D eigenvalue weighted by molar-refractivity contribution is -0.339. The standard InChI is InChI=1S/C31H38N4O13/c1-16(38)32-21-26(47-28-25(42)24(41)22(39)19(12-36)46-28)23(40)20(13-37)45-27(21)48-31-34-29(43-14-17-8-4-2-5-9-17)33-30(35-31)44-15-18-10-6-3-7-11-18/h2-11,19-28,36-37,39-42H,12-15H2,1H3,(H,32,38)/t19-,20-,21-,22+,23-,24+,25-,26-,27+,28+/m1/s1. The number of carbonyl (C=O) groups excluding carboxylic acids is 1. The number of amides is 1. The van der Waals surface area contributed by atoms with Crippen LogP contribution in [0.4, 0.5) is 0 Å². The molecule has 0 aliphatic carbocycles. The van der Waals surface area contributed by atoms with Gasteiger partial charge in [-0.2, -0.15) is 0 Å². The van der Waals surface area contributed by atoms with Crippen molar-refractivity contribution in [2.45, 2.75) is 81.5 Å². The minimum absolute atomic E-state index is 0.0880. The lowest BCUT2D eigenvalue weighted by Crippen LogP contribution is -2.68. The fourth-order valence-electron chi connectivity index (χ4n) is 5.10. The highest BCUT2D eigenvalue weighted by atomic mass is 16.7. The van der Waals surface area contributed by atoms with Crippen LogP contribution in [-0.2, 0) is 32.2 Å². The normalized spacial score (nSPS) is 30.3. The molecule has 3 aromatic rings. The zero-order chi connectivity index (χ0) is 34.2. The van der Waals surface area contributed by atoms with Gasteiger partial charge in [-0.25, -0.2) is 0 Å². The second-order valence-electron chi connectivity index (χ2n) is 11.1. The Hall–Kier alpha value is -4.04. The van der Waals surface area contributed by atoms with Crippen LogP contribution >= 0.6 is 0 Å². The van der Waals surface area contributed by atoms with E-state index in [1.54, 1.807) is 0 Å². The summed E-state index contributed by atoms with van der Waals surface area (Å²) in [6, 6.07) is 16.3. The Morgan fingerprint density at radius 2 is 1.21 bits per heavy atom. The Morgan fingerprint density at radius 3 is 1.73 bits per heavy atom. The van der Waals surface area contributed by atoms with Gasteiger partial charge >= 0.3 is 18.0 Å². The number of ether oxygens (including phenoxy) is 6. The molecule has 2 aromatic carbocycles. The number of aliphatic hydroxyl groups excluding tert-OH is 6. The molecule has 1 aromatic heterocycles. The summed E-state index contributed by atoms with van der Waals surface area (Å²) in [6.45, 7) is -0.115. The molecule has 48 heavy (non-hydrogen) atoms. The molecule has 1 amide bonds. The van der Waals surface area contributed by atoms with Crippen LogP contribution in [0.3, 0.4) is 0 Å². The number of rotatable bonds is 13. The Morgan fingerprint density at radius 1 is 0.708 bits per heavy atom. The molecular weight excluding hydrogens is 636 g/mol. The first kappa shape index (κ1) is 35.3. The van der Waals surface area contributed by atoms with Crippen LogP contribution in [0.15, 0.2) is 60.7 Å². The lowest BCUT2D eigenvalue weighted by Gasteiger charge is -2.47. The van der Waals surface area contributed by atoms with Crippen molar-refractivity contribution in [3.8, 4) is 18.0 Å². The molecule has 3 heterocycles. The molecule has 0 radical (unpaired) electrons. The quantitative estimate of drug-likeness (QED) is 0.105. The second-order valence-corrected chi connectivity index (χ2v) is 11.1. The molecule has 2 fully saturated rings. The molecule has 10 atom stereocenters. The van der Waals surface area contributed by atoms with E-state index in [1.165, 1.54) is 6.92 Å². The maximum Gasteiger partial charge on any atom is 0.328 e. The van der Waals surface area contributed by atoms with E-state index in [-0.39, 0.29) is 31.2 Å². The summed E-state index contributed by atoms with van der Waals surface area (Å²) in [5.41, 5.74) is 1.64. The van der Waals surface area contributed by atoms with E-state index in [1.807, 2.05) is 60.7 Å². The van der Waals surface area contributed by atoms with Gasteiger partial charge in [0.1, 0.15) is 62.0 Å². The van der Waals surface area contributed by atoms with Gasteiger partial charge in [0.2, 0.25) is 12.2 Å². The topological polar surface area (TPSA) is 245 Å². The number of nitrogens with zero attached hydrogens (tertiary/aromatic N) is 3. The van der Waals surface area contributed by atoms with Gasteiger partial charge in [-0.1, -0.05) is 60.7 Å². The van der Waals surface area contributed by atoms with Crippen LogP contribution < -0.4 is 19.5 Å². The van der Waals surface area contributed by atoms with Crippen LogP contribution in [0, 0.1) is 0 Å². The van der Waals surface area contributed by atoms with Crippen LogP contribution in [0.1, 0.15) is 18.1 Å². The number of aliphatic hydroxyl groups is 6. The molecule has 5 rings (SSSR count). The van der Waals surface area contributed by atoms with Crippen molar-refractivity contribution in [2.24, 2.45) is 0 Å². The number of benzene rings is 2. The smallest absolute Gasteiger partial charge is 0.328 e. The van der Waals surface area contributed by atoms with Gasteiger partial charge in [0, 0.05) is 6.92 Å². The van der Waals surface area contributed by atoms with Crippen molar-refractivity contribution in [1.82, 2.24) is 20.3 Å². The molecule has 2 aliphatic heterocycles. The van der Waals surface area contributed by atoms with E-state index in [0.717, 1.165) is 11.1 Å². The van der Waals surface area contributed by atoms with Gasteiger partial charge in [0.05, 0.1) is 13.2 Å². The second kappa shape index (κ2) is 16.4. The van der Waals surface area contributed by atoms with Crippen LogP contribution in [-0.4, -0.2) is 126 Å². The first-order chi connectivity index (χ1) is 23.2. The SMILES string of the molecule is CC(=O)N[C@H]1[C@H](Oc2nc(OCc3ccccc3)nc(OCc3ccccc3)n2)O[C@H](CO)[C@@H](O)[C@@H]1O[C@@H]1O[C@H](CO)[C@H](O)[C@H](O)[C@H]1O. The number of aromatic nitrogens is 3. The molecule has 7 N–H and O–H groups in total. The van der Waals surface area contributed by atoms with Crippen molar-refractivity contribution in [3.05, 3.63) is 71.8 Å². The molecule has 0 saturated carbocycles. The number of carbonyl (C=O) groups is 1. The van der Waals surface area contributed by atoms with E-state index in [2.05, 4.69) is 20.3 Å². The average Bonchev–Trinajstić information content (AvgIpc) is 3.09. The molecule has 2 saturated heterocycles. The first-order valence-corrected chi connectivity index (χ1v) is 15.1. The Bertz CT molecular complexity index is 1400. The van der Waals surface area contributed by atoms with E-state index in [9.17, 15) is 35.4 Å². The van der Waals surface area contributed by atoms with E-state index < -0.39 is 80.5 Å². The van der Waals surface area contributed by atoms with Crippen molar-refractivity contribution in [3.63, 3.8) is 0 Å². The fraction of sp³-hybridized carbons (Fsp3) is 0.484. The average molecular weight is 675 g/mol. The molecule has 0 bridgehead atoms. The Labute approximate surface area is 274 Å². The van der Waals surface area contributed by atoms with Crippen molar-refractivity contribution < 1.29 is 63.9 Å². The summed E-state index contributed by atoms with van der Waals surface area (Å²) < 4.78 is 34.6. The predicted molar refractivity (Wildman–Crippen MR) is 160 cm³/mol. The maximum absolute atomic E-state index is 12.3. The summed E-state index contributed by atoms with van der Waals surface area (Å²) >= 11 is 0. The van der Waals surface area contributed by atoms with Gasteiger partial charge in [-0.05, 0) is 11.1 Å². The third-order valence-electron chi connectivity index (χ3n) is 7.58. The van der Waals surface area contributed by atoms with Crippen LogP contribution in [0.25, 0.3) is 0 Å². The molecule has 260 valence electrons. The molecule has 0 spiro atoms. The first-order valence-electron chi connectivity index (χ1n) is 15.1. The molecule has 17 nitrogen and oxygen atoms in total. The van der Waals surface area contributed by atoms with Crippen molar-refractivity contribution in [1.29, 1.82) is 0 Å². The van der Waals surface area contributed by atoms with E-state index in [0.29, 0.717) is 0 Å². The van der Waals surface area contributed by atoms with E-state index >= 15 is 0 Å².